The van der Waals surface area contributed by atoms with Gasteiger partial charge in [-0.25, -0.2) is 0 Å². The largest absolute Gasteiger partial charge is 0.330 e. The highest BCUT2D eigenvalue weighted by Gasteiger charge is 2.28. The van der Waals surface area contributed by atoms with Gasteiger partial charge in [-0.05, 0) is 50.9 Å². The van der Waals surface area contributed by atoms with Gasteiger partial charge in [-0.1, -0.05) is 43.2 Å². The third-order valence-corrected chi connectivity index (χ3v) is 4.24. The van der Waals surface area contributed by atoms with E-state index in [1.54, 1.807) is 0 Å². The quantitative estimate of drug-likeness (QED) is 0.865. The van der Waals surface area contributed by atoms with Gasteiger partial charge in [0.25, 0.3) is 0 Å². The number of rotatable bonds is 5. The Labute approximate surface area is 111 Å². The SMILES string of the molecule is CN(CCCN)C1CCCCC1c1ccccc1. The Morgan fingerprint density at radius 3 is 2.61 bits per heavy atom. The lowest BCUT2D eigenvalue weighted by molar-refractivity contribution is 0.166. The molecule has 0 aromatic heterocycles. The lowest BCUT2D eigenvalue weighted by Crippen LogP contribution is -2.39. The topological polar surface area (TPSA) is 29.3 Å². The summed E-state index contributed by atoms with van der Waals surface area (Å²) in [5, 5.41) is 0. The molecule has 1 aromatic carbocycles. The Morgan fingerprint density at radius 1 is 1.17 bits per heavy atom. The lowest BCUT2D eigenvalue weighted by Gasteiger charge is -2.38. The number of benzene rings is 1. The van der Waals surface area contributed by atoms with Crippen LogP contribution in [0.1, 0.15) is 43.6 Å². The van der Waals surface area contributed by atoms with Crippen molar-refractivity contribution in [2.45, 2.75) is 44.1 Å². The molecule has 0 aliphatic heterocycles. The Bertz CT molecular complexity index is 336. The number of hydrogen-bond donors (Lipinski definition) is 1. The summed E-state index contributed by atoms with van der Waals surface area (Å²) in [7, 11) is 2.27. The van der Waals surface area contributed by atoms with Crippen LogP contribution in [0.25, 0.3) is 0 Å². The van der Waals surface area contributed by atoms with Crippen molar-refractivity contribution in [3.63, 3.8) is 0 Å². The van der Waals surface area contributed by atoms with Gasteiger partial charge in [0.2, 0.25) is 0 Å². The van der Waals surface area contributed by atoms with E-state index in [4.69, 9.17) is 5.73 Å². The van der Waals surface area contributed by atoms with E-state index < -0.39 is 0 Å². The van der Waals surface area contributed by atoms with Crippen LogP contribution in [0.2, 0.25) is 0 Å². The molecule has 1 fully saturated rings. The zero-order valence-electron chi connectivity index (χ0n) is 11.5. The Kier molecular flexibility index (Phi) is 5.21. The Morgan fingerprint density at radius 2 is 1.89 bits per heavy atom. The van der Waals surface area contributed by atoms with Crippen LogP contribution >= 0.6 is 0 Å². The molecular weight excluding hydrogens is 220 g/mol. The highest BCUT2D eigenvalue weighted by Crippen LogP contribution is 2.35. The second-order valence-corrected chi connectivity index (χ2v) is 5.49. The average Bonchev–Trinajstić information content (AvgIpc) is 2.45. The average molecular weight is 246 g/mol. The Balaban J connectivity index is 2.06. The zero-order valence-corrected chi connectivity index (χ0v) is 11.5. The first-order chi connectivity index (χ1) is 8.83. The first-order valence-corrected chi connectivity index (χ1v) is 7.28. The number of nitrogens with zero attached hydrogens (tertiary/aromatic N) is 1. The highest BCUT2D eigenvalue weighted by atomic mass is 15.1. The molecule has 2 N–H and O–H groups in total. The molecule has 0 heterocycles. The molecule has 0 bridgehead atoms. The van der Waals surface area contributed by atoms with Gasteiger partial charge in [0.15, 0.2) is 0 Å². The van der Waals surface area contributed by atoms with Crippen LogP contribution in [0.5, 0.6) is 0 Å². The summed E-state index contributed by atoms with van der Waals surface area (Å²) in [5.74, 6) is 0.711. The molecule has 1 aliphatic rings. The number of nitrogens with two attached hydrogens (primary N) is 1. The van der Waals surface area contributed by atoms with Gasteiger partial charge in [-0.3, -0.25) is 0 Å². The smallest absolute Gasteiger partial charge is 0.0161 e. The summed E-state index contributed by atoms with van der Waals surface area (Å²) in [6.45, 7) is 1.93. The molecule has 2 nitrogen and oxygen atoms in total. The maximum Gasteiger partial charge on any atom is 0.0161 e. The predicted octanol–water partition coefficient (Wildman–Crippen LogP) is 2.99. The predicted molar refractivity (Wildman–Crippen MR) is 77.7 cm³/mol. The van der Waals surface area contributed by atoms with E-state index in [0.29, 0.717) is 12.0 Å². The van der Waals surface area contributed by atoms with Gasteiger partial charge >= 0.3 is 0 Å². The normalized spacial score (nSPS) is 24.4. The first-order valence-electron chi connectivity index (χ1n) is 7.28. The van der Waals surface area contributed by atoms with E-state index in [1.165, 1.54) is 31.2 Å². The van der Waals surface area contributed by atoms with Crippen molar-refractivity contribution in [3.05, 3.63) is 35.9 Å². The van der Waals surface area contributed by atoms with E-state index in [9.17, 15) is 0 Å². The fraction of sp³-hybridized carbons (Fsp3) is 0.625. The monoisotopic (exact) mass is 246 g/mol. The van der Waals surface area contributed by atoms with Crippen molar-refractivity contribution in [1.29, 1.82) is 0 Å². The number of hydrogen-bond acceptors (Lipinski definition) is 2. The summed E-state index contributed by atoms with van der Waals surface area (Å²) in [5.41, 5.74) is 7.14. The van der Waals surface area contributed by atoms with Crippen LogP contribution in [0.3, 0.4) is 0 Å². The highest BCUT2D eigenvalue weighted by molar-refractivity contribution is 5.22. The molecule has 2 rings (SSSR count). The molecular formula is C16H26N2. The molecule has 1 aliphatic carbocycles. The summed E-state index contributed by atoms with van der Waals surface area (Å²) in [4.78, 5) is 2.53. The molecule has 100 valence electrons. The maximum atomic E-state index is 5.63. The maximum absolute atomic E-state index is 5.63. The fourth-order valence-electron chi connectivity index (χ4n) is 3.23. The van der Waals surface area contributed by atoms with Gasteiger partial charge in [0.1, 0.15) is 0 Å². The molecule has 0 amide bonds. The van der Waals surface area contributed by atoms with E-state index in [-0.39, 0.29) is 0 Å². The molecule has 2 atom stereocenters. The van der Waals surface area contributed by atoms with Crippen molar-refractivity contribution in [1.82, 2.24) is 4.90 Å². The second-order valence-electron chi connectivity index (χ2n) is 5.49. The first kappa shape index (κ1) is 13.6. The van der Waals surface area contributed by atoms with Crippen LogP contribution in [-0.4, -0.2) is 31.1 Å². The third kappa shape index (κ3) is 3.33. The van der Waals surface area contributed by atoms with Gasteiger partial charge in [-0.15, -0.1) is 0 Å². The molecule has 18 heavy (non-hydrogen) atoms. The summed E-state index contributed by atoms with van der Waals surface area (Å²) >= 11 is 0. The van der Waals surface area contributed by atoms with Gasteiger partial charge in [0.05, 0.1) is 0 Å². The van der Waals surface area contributed by atoms with Crippen LogP contribution in [-0.2, 0) is 0 Å². The molecule has 0 spiro atoms. The van der Waals surface area contributed by atoms with E-state index >= 15 is 0 Å². The van der Waals surface area contributed by atoms with E-state index in [1.807, 2.05) is 0 Å². The standard InChI is InChI=1S/C16H26N2/c1-18(13-7-12-17)16-11-6-5-10-15(16)14-8-3-2-4-9-14/h2-4,8-9,15-16H,5-7,10-13,17H2,1H3. The van der Waals surface area contributed by atoms with Crippen molar-refractivity contribution in [2.24, 2.45) is 5.73 Å². The molecule has 0 radical (unpaired) electrons. The minimum Gasteiger partial charge on any atom is -0.330 e. The van der Waals surface area contributed by atoms with Crippen molar-refractivity contribution < 1.29 is 0 Å². The van der Waals surface area contributed by atoms with Crippen LogP contribution in [0.4, 0.5) is 0 Å². The minimum absolute atomic E-state index is 0.702. The third-order valence-electron chi connectivity index (χ3n) is 4.24. The van der Waals surface area contributed by atoms with Crippen LogP contribution in [0.15, 0.2) is 30.3 Å². The van der Waals surface area contributed by atoms with E-state index in [2.05, 4.69) is 42.3 Å². The summed E-state index contributed by atoms with van der Waals surface area (Å²) in [6.07, 6.45) is 6.53. The van der Waals surface area contributed by atoms with Gasteiger partial charge in [0, 0.05) is 6.04 Å². The summed E-state index contributed by atoms with van der Waals surface area (Å²) in [6, 6.07) is 11.7. The minimum atomic E-state index is 0.702. The van der Waals surface area contributed by atoms with Gasteiger partial charge in [-0.2, -0.15) is 0 Å². The summed E-state index contributed by atoms with van der Waals surface area (Å²) < 4.78 is 0. The van der Waals surface area contributed by atoms with E-state index in [0.717, 1.165) is 19.5 Å². The molecule has 2 heteroatoms. The zero-order chi connectivity index (χ0) is 12.8. The number of likely N-dealkylation sites (N-methyl/N-ethyl adjacent to an activating group) is 1. The molecule has 0 saturated heterocycles. The molecule has 1 aromatic rings. The van der Waals surface area contributed by atoms with Crippen LogP contribution < -0.4 is 5.73 Å². The van der Waals surface area contributed by atoms with Crippen molar-refractivity contribution >= 4 is 0 Å². The van der Waals surface area contributed by atoms with Crippen molar-refractivity contribution in [3.8, 4) is 0 Å². The fourth-order valence-corrected chi connectivity index (χ4v) is 3.23. The van der Waals surface area contributed by atoms with Gasteiger partial charge < -0.3 is 10.6 Å². The van der Waals surface area contributed by atoms with Crippen LogP contribution in [0, 0.1) is 0 Å². The lowest BCUT2D eigenvalue weighted by atomic mass is 9.79. The second kappa shape index (κ2) is 6.91. The van der Waals surface area contributed by atoms with Crippen molar-refractivity contribution in [2.75, 3.05) is 20.1 Å². The molecule has 2 unspecified atom stereocenters. The Hall–Kier alpha value is -0.860. The molecule has 1 saturated carbocycles.